The molecule has 124 valence electrons. The highest BCUT2D eigenvalue weighted by Gasteiger charge is 2.10. The summed E-state index contributed by atoms with van der Waals surface area (Å²) < 4.78 is 5.36. The Balaban J connectivity index is 1.87. The number of anilines is 1. The smallest absolute Gasteiger partial charge is 0.264 e. The topological polar surface area (TPSA) is 93.4 Å². The number of para-hydroxylation sites is 1. The third-order valence-corrected chi connectivity index (χ3v) is 3.29. The van der Waals surface area contributed by atoms with Crippen LogP contribution in [0.3, 0.4) is 0 Å². The van der Waals surface area contributed by atoms with Crippen LogP contribution < -0.4 is 21.1 Å². The lowest BCUT2D eigenvalue weighted by molar-refractivity contribution is -0.121. The molecule has 0 saturated heterocycles. The van der Waals surface area contributed by atoms with Crippen LogP contribution in [-0.2, 0) is 4.79 Å². The summed E-state index contributed by atoms with van der Waals surface area (Å²) in [7, 11) is 0. The number of carbonyl (C=O) groups is 2. The maximum atomic E-state index is 11.8. The molecule has 0 aliphatic heterocycles. The Morgan fingerprint density at radius 1 is 1.12 bits per heavy atom. The molecule has 0 atom stereocenters. The Morgan fingerprint density at radius 3 is 2.46 bits per heavy atom. The summed E-state index contributed by atoms with van der Waals surface area (Å²) in [5, 5.41) is 5.31. The Kier molecular flexibility index (Phi) is 5.86. The fraction of sp³-hybridized carbons (Fsp3) is 0.118. The molecule has 2 aromatic rings. The molecule has 6 nitrogen and oxygen atoms in total. The van der Waals surface area contributed by atoms with Crippen molar-refractivity contribution in [1.82, 2.24) is 5.32 Å². The number of rotatable bonds is 5. The van der Waals surface area contributed by atoms with Gasteiger partial charge in [-0.05, 0) is 43.4 Å². The number of ether oxygens (including phenoxy) is 1. The van der Waals surface area contributed by atoms with E-state index in [2.05, 4.69) is 10.6 Å². The lowest BCUT2D eigenvalue weighted by Gasteiger charge is -2.12. The normalized spacial score (nSPS) is 9.88. The van der Waals surface area contributed by atoms with Crippen molar-refractivity contribution in [2.24, 2.45) is 5.73 Å². The monoisotopic (exact) mass is 343 g/mol. The number of benzene rings is 2. The predicted molar refractivity (Wildman–Crippen MR) is 96.0 cm³/mol. The van der Waals surface area contributed by atoms with Crippen molar-refractivity contribution in [1.29, 1.82) is 0 Å². The van der Waals surface area contributed by atoms with Crippen molar-refractivity contribution in [2.75, 3.05) is 11.9 Å². The molecule has 0 heterocycles. The number of amides is 2. The first kappa shape index (κ1) is 17.4. The first-order chi connectivity index (χ1) is 11.5. The van der Waals surface area contributed by atoms with E-state index >= 15 is 0 Å². The Bertz CT molecular complexity index is 760. The van der Waals surface area contributed by atoms with Gasteiger partial charge in [-0.25, -0.2) is 0 Å². The third-order valence-electron chi connectivity index (χ3n) is 3.08. The number of aryl methyl sites for hydroxylation is 1. The van der Waals surface area contributed by atoms with E-state index in [1.165, 1.54) is 0 Å². The number of nitrogens with two attached hydrogens (primary N) is 1. The minimum atomic E-state index is -0.588. The molecule has 0 spiro atoms. The molecule has 2 rings (SSSR count). The maximum Gasteiger partial charge on any atom is 0.264 e. The number of hydrogen-bond donors (Lipinski definition) is 3. The van der Waals surface area contributed by atoms with Gasteiger partial charge in [0.2, 0.25) is 0 Å². The van der Waals surface area contributed by atoms with Crippen molar-refractivity contribution >= 4 is 34.8 Å². The van der Waals surface area contributed by atoms with Crippen molar-refractivity contribution in [3.63, 3.8) is 0 Å². The lowest BCUT2D eigenvalue weighted by Crippen LogP contribution is -2.37. The standard InChI is InChI=1S/C17H17N3O3S/c1-11-6-8-12(9-7-11)23-10-15(21)20-17(24)19-14-5-3-2-4-13(14)16(18)22/h2-9H,10H2,1H3,(H2,18,22)(H2,19,20,21,24). The lowest BCUT2D eigenvalue weighted by atomic mass is 10.1. The van der Waals surface area contributed by atoms with Gasteiger partial charge in [0.25, 0.3) is 11.8 Å². The fourth-order valence-corrected chi connectivity index (χ4v) is 2.13. The molecular formula is C17H17N3O3S. The number of thiocarbonyl (C=S) groups is 1. The van der Waals surface area contributed by atoms with E-state index in [1.807, 2.05) is 19.1 Å². The molecule has 7 heteroatoms. The van der Waals surface area contributed by atoms with Crippen LogP contribution in [0.1, 0.15) is 15.9 Å². The third kappa shape index (κ3) is 5.06. The van der Waals surface area contributed by atoms with Gasteiger partial charge in [-0.1, -0.05) is 29.8 Å². The van der Waals surface area contributed by atoms with Crippen LogP contribution in [0.15, 0.2) is 48.5 Å². The average Bonchev–Trinajstić information content (AvgIpc) is 2.54. The molecule has 24 heavy (non-hydrogen) atoms. The van der Waals surface area contributed by atoms with Crippen LogP contribution in [0.5, 0.6) is 5.75 Å². The molecule has 0 radical (unpaired) electrons. The van der Waals surface area contributed by atoms with E-state index in [9.17, 15) is 9.59 Å². The van der Waals surface area contributed by atoms with Gasteiger partial charge in [0.05, 0.1) is 11.3 Å². The zero-order chi connectivity index (χ0) is 17.5. The molecule has 2 amide bonds. The van der Waals surface area contributed by atoms with Crippen LogP contribution >= 0.6 is 12.2 Å². The number of primary amides is 1. The first-order valence-corrected chi connectivity index (χ1v) is 7.55. The summed E-state index contributed by atoms with van der Waals surface area (Å²) in [6.07, 6.45) is 0. The molecule has 4 N–H and O–H groups in total. The second kappa shape index (κ2) is 8.07. The van der Waals surface area contributed by atoms with Crippen LogP contribution in [0.4, 0.5) is 5.69 Å². The van der Waals surface area contributed by atoms with Gasteiger partial charge in [0.15, 0.2) is 11.7 Å². The summed E-state index contributed by atoms with van der Waals surface area (Å²) >= 11 is 5.06. The van der Waals surface area contributed by atoms with Crippen LogP contribution in [0, 0.1) is 6.92 Å². The average molecular weight is 343 g/mol. The Morgan fingerprint density at radius 2 is 1.79 bits per heavy atom. The highest BCUT2D eigenvalue weighted by molar-refractivity contribution is 7.80. The van der Waals surface area contributed by atoms with Crippen molar-refractivity contribution in [3.8, 4) is 5.75 Å². The van der Waals surface area contributed by atoms with Gasteiger partial charge < -0.3 is 15.8 Å². The summed E-state index contributed by atoms with van der Waals surface area (Å²) in [5.74, 6) is -0.409. The van der Waals surface area contributed by atoms with Gasteiger partial charge in [-0.15, -0.1) is 0 Å². The fourth-order valence-electron chi connectivity index (χ4n) is 1.91. The van der Waals surface area contributed by atoms with Gasteiger partial charge in [-0.2, -0.15) is 0 Å². The second-order valence-electron chi connectivity index (χ2n) is 5.01. The number of hydrogen-bond acceptors (Lipinski definition) is 4. The molecule has 2 aromatic carbocycles. The largest absolute Gasteiger partial charge is 0.484 e. The minimum absolute atomic E-state index is 0.0567. The quantitative estimate of drug-likeness (QED) is 0.722. The highest BCUT2D eigenvalue weighted by atomic mass is 32.1. The van der Waals surface area contributed by atoms with Gasteiger partial charge >= 0.3 is 0 Å². The van der Waals surface area contributed by atoms with Crippen LogP contribution in [0.2, 0.25) is 0 Å². The number of nitrogens with one attached hydrogen (secondary N) is 2. The van der Waals surface area contributed by atoms with Crippen molar-refractivity contribution in [2.45, 2.75) is 6.92 Å². The molecular weight excluding hydrogens is 326 g/mol. The molecule has 0 saturated carbocycles. The maximum absolute atomic E-state index is 11.8. The molecule has 0 fully saturated rings. The van der Waals surface area contributed by atoms with E-state index in [0.717, 1.165) is 5.56 Å². The number of carbonyl (C=O) groups excluding carboxylic acids is 2. The molecule has 0 aromatic heterocycles. The summed E-state index contributed by atoms with van der Waals surface area (Å²) in [6, 6.07) is 13.9. The van der Waals surface area contributed by atoms with Crippen LogP contribution in [0.25, 0.3) is 0 Å². The molecule has 0 bridgehead atoms. The first-order valence-electron chi connectivity index (χ1n) is 7.15. The summed E-state index contributed by atoms with van der Waals surface area (Å²) in [4.78, 5) is 23.2. The van der Waals surface area contributed by atoms with Gasteiger partial charge in [0, 0.05) is 0 Å². The van der Waals surface area contributed by atoms with Crippen molar-refractivity contribution in [3.05, 3.63) is 59.7 Å². The van der Waals surface area contributed by atoms with E-state index in [0.29, 0.717) is 11.4 Å². The zero-order valence-electron chi connectivity index (χ0n) is 13.0. The Hall–Kier alpha value is -2.93. The van der Waals surface area contributed by atoms with Gasteiger partial charge in [0.1, 0.15) is 5.75 Å². The molecule has 0 aliphatic rings. The van der Waals surface area contributed by atoms with E-state index in [4.69, 9.17) is 22.7 Å². The summed E-state index contributed by atoms with van der Waals surface area (Å²) in [5.41, 5.74) is 7.09. The van der Waals surface area contributed by atoms with E-state index in [1.54, 1.807) is 36.4 Å². The summed E-state index contributed by atoms with van der Waals surface area (Å²) in [6.45, 7) is 1.78. The highest BCUT2D eigenvalue weighted by Crippen LogP contribution is 2.14. The Labute approximate surface area is 145 Å². The zero-order valence-corrected chi connectivity index (χ0v) is 13.9. The van der Waals surface area contributed by atoms with E-state index < -0.39 is 11.8 Å². The molecule has 0 unspecified atom stereocenters. The van der Waals surface area contributed by atoms with Gasteiger partial charge in [-0.3, -0.25) is 14.9 Å². The van der Waals surface area contributed by atoms with Crippen molar-refractivity contribution < 1.29 is 14.3 Å². The van der Waals surface area contributed by atoms with E-state index in [-0.39, 0.29) is 17.3 Å². The predicted octanol–water partition coefficient (Wildman–Crippen LogP) is 1.99. The second-order valence-corrected chi connectivity index (χ2v) is 5.42. The SMILES string of the molecule is Cc1ccc(OCC(=O)NC(=S)Nc2ccccc2C(N)=O)cc1. The molecule has 0 aliphatic carbocycles. The van der Waals surface area contributed by atoms with Crippen LogP contribution in [-0.4, -0.2) is 23.5 Å². The minimum Gasteiger partial charge on any atom is -0.484 e.